The van der Waals surface area contributed by atoms with Gasteiger partial charge in [-0.15, -0.1) is 0 Å². The molecule has 0 radical (unpaired) electrons. The van der Waals surface area contributed by atoms with Crippen LogP contribution in [0.1, 0.15) is 20.3 Å². The van der Waals surface area contributed by atoms with Crippen LogP contribution in [0.5, 0.6) is 0 Å². The fourth-order valence-electron chi connectivity index (χ4n) is 2.07. The number of anilines is 1. The smallest absolute Gasteiger partial charge is 0.243 e. The highest BCUT2D eigenvalue weighted by atomic mass is 35.5. The number of carbonyl (C=O) groups is 1. The molecule has 23 heavy (non-hydrogen) atoms. The average Bonchev–Trinajstić information content (AvgIpc) is 2.47. The maximum atomic E-state index is 12.2. The van der Waals surface area contributed by atoms with Gasteiger partial charge in [-0.2, -0.15) is 0 Å². The molecule has 0 aromatic heterocycles. The molecule has 0 heterocycles. The number of nitrogens with zero attached hydrogens (tertiary/aromatic N) is 1. The van der Waals surface area contributed by atoms with Crippen molar-refractivity contribution >= 4 is 33.2 Å². The summed E-state index contributed by atoms with van der Waals surface area (Å²) in [6.45, 7) is 5.06. The molecule has 0 saturated carbocycles. The minimum absolute atomic E-state index is 0.359. The summed E-state index contributed by atoms with van der Waals surface area (Å²) in [5.41, 5.74) is 0.397. The Morgan fingerprint density at radius 2 is 1.96 bits per heavy atom. The topological polar surface area (TPSA) is 75.7 Å². The predicted octanol–water partition coefficient (Wildman–Crippen LogP) is 2.04. The molecule has 1 rings (SSSR count). The summed E-state index contributed by atoms with van der Waals surface area (Å²) in [5, 5.41) is 3.22. The van der Waals surface area contributed by atoms with Crippen LogP contribution in [0.15, 0.2) is 24.3 Å². The van der Waals surface area contributed by atoms with Crippen molar-refractivity contribution in [3.05, 3.63) is 29.3 Å². The van der Waals surface area contributed by atoms with Crippen LogP contribution in [0.3, 0.4) is 0 Å². The SMILES string of the molecule is CCOCCCNC(=O)[C@H](C)N(c1ccc(Cl)cc1)S(C)(=O)=O. The summed E-state index contributed by atoms with van der Waals surface area (Å²) in [6, 6.07) is 5.45. The lowest BCUT2D eigenvalue weighted by atomic mass is 10.2. The molecule has 6 nitrogen and oxygen atoms in total. The first-order chi connectivity index (χ1) is 10.8. The quantitative estimate of drug-likeness (QED) is 0.682. The van der Waals surface area contributed by atoms with Gasteiger partial charge in [0.05, 0.1) is 11.9 Å². The average molecular weight is 363 g/mol. The number of carbonyl (C=O) groups excluding carboxylic acids is 1. The van der Waals surface area contributed by atoms with E-state index < -0.39 is 16.1 Å². The summed E-state index contributed by atoms with van der Waals surface area (Å²) in [7, 11) is -3.61. The molecular weight excluding hydrogens is 340 g/mol. The molecular formula is C15H23ClN2O4S. The second-order valence-corrected chi connectivity index (χ2v) is 7.35. The highest BCUT2D eigenvalue weighted by molar-refractivity contribution is 7.92. The van der Waals surface area contributed by atoms with Gasteiger partial charge in [0, 0.05) is 24.8 Å². The Kier molecular flexibility index (Phi) is 7.81. The van der Waals surface area contributed by atoms with E-state index in [9.17, 15) is 13.2 Å². The summed E-state index contributed by atoms with van der Waals surface area (Å²) >= 11 is 5.82. The Morgan fingerprint density at radius 3 is 2.48 bits per heavy atom. The van der Waals surface area contributed by atoms with Gasteiger partial charge >= 0.3 is 0 Å². The Balaban J connectivity index is 2.79. The van der Waals surface area contributed by atoms with E-state index in [0.717, 1.165) is 10.6 Å². The number of ether oxygens (including phenoxy) is 1. The number of benzene rings is 1. The number of sulfonamides is 1. The Labute approximate surface area is 142 Å². The summed E-state index contributed by atoms with van der Waals surface area (Å²) in [6.07, 6.45) is 1.74. The molecule has 1 aromatic rings. The first kappa shape index (κ1) is 19.7. The number of amides is 1. The van der Waals surface area contributed by atoms with Gasteiger partial charge in [0.25, 0.3) is 0 Å². The molecule has 1 aromatic carbocycles. The van der Waals surface area contributed by atoms with Crippen LogP contribution in [0.25, 0.3) is 0 Å². The molecule has 0 aliphatic rings. The van der Waals surface area contributed by atoms with Crippen molar-refractivity contribution in [2.24, 2.45) is 0 Å². The first-order valence-corrected chi connectivity index (χ1v) is 9.60. The van der Waals surface area contributed by atoms with Crippen molar-refractivity contribution in [2.75, 3.05) is 30.3 Å². The number of hydrogen-bond donors (Lipinski definition) is 1. The Morgan fingerprint density at radius 1 is 1.35 bits per heavy atom. The van der Waals surface area contributed by atoms with Gasteiger partial charge in [-0.25, -0.2) is 8.42 Å². The lowest BCUT2D eigenvalue weighted by Crippen LogP contribution is -2.48. The Hall–Kier alpha value is -1.31. The molecule has 0 spiro atoms. The predicted molar refractivity (Wildman–Crippen MR) is 92.4 cm³/mol. The number of hydrogen-bond acceptors (Lipinski definition) is 4. The zero-order chi connectivity index (χ0) is 17.5. The lowest BCUT2D eigenvalue weighted by Gasteiger charge is -2.28. The molecule has 0 saturated heterocycles. The van der Waals surface area contributed by atoms with E-state index in [1.54, 1.807) is 31.2 Å². The highest BCUT2D eigenvalue weighted by Gasteiger charge is 2.28. The van der Waals surface area contributed by atoms with Gasteiger partial charge < -0.3 is 10.1 Å². The van der Waals surface area contributed by atoms with E-state index in [1.807, 2.05) is 6.92 Å². The van der Waals surface area contributed by atoms with Crippen molar-refractivity contribution in [3.63, 3.8) is 0 Å². The van der Waals surface area contributed by atoms with Crippen LogP contribution in [-0.4, -0.2) is 46.4 Å². The molecule has 0 fully saturated rings. The number of halogens is 1. The van der Waals surface area contributed by atoms with Gasteiger partial charge in [-0.05, 0) is 44.5 Å². The van der Waals surface area contributed by atoms with Crippen LogP contribution < -0.4 is 9.62 Å². The summed E-state index contributed by atoms with van der Waals surface area (Å²) in [5.74, 6) is -0.359. The van der Waals surface area contributed by atoms with E-state index >= 15 is 0 Å². The van der Waals surface area contributed by atoms with Gasteiger partial charge in [0.2, 0.25) is 15.9 Å². The monoisotopic (exact) mass is 362 g/mol. The molecule has 0 bridgehead atoms. The zero-order valence-corrected chi connectivity index (χ0v) is 15.2. The van der Waals surface area contributed by atoms with E-state index in [-0.39, 0.29) is 5.91 Å². The second-order valence-electron chi connectivity index (χ2n) is 5.05. The van der Waals surface area contributed by atoms with Crippen molar-refractivity contribution in [3.8, 4) is 0 Å². The van der Waals surface area contributed by atoms with Crippen LogP contribution in [0.4, 0.5) is 5.69 Å². The minimum atomic E-state index is -3.61. The molecule has 1 atom stereocenters. The van der Waals surface area contributed by atoms with E-state index in [0.29, 0.717) is 36.9 Å². The van der Waals surface area contributed by atoms with Crippen LogP contribution in [-0.2, 0) is 19.6 Å². The normalized spacial score (nSPS) is 12.7. The number of rotatable bonds is 9. The molecule has 1 amide bonds. The first-order valence-electron chi connectivity index (χ1n) is 7.37. The van der Waals surface area contributed by atoms with Crippen molar-refractivity contribution in [1.82, 2.24) is 5.32 Å². The molecule has 0 aliphatic heterocycles. The van der Waals surface area contributed by atoms with Crippen LogP contribution in [0.2, 0.25) is 5.02 Å². The fraction of sp³-hybridized carbons (Fsp3) is 0.533. The van der Waals surface area contributed by atoms with Crippen molar-refractivity contribution in [1.29, 1.82) is 0 Å². The molecule has 0 aliphatic carbocycles. The molecule has 130 valence electrons. The second kappa shape index (κ2) is 9.10. The molecule has 0 unspecified atom stereocenters. The largest absolute Gasteiger partial charge is 0.382 e. The Bertz CT molecular complexity index is 604. The number of nitrogens with one attached hydrogen (secondary N) is 1. The maximum absolute atomic E-state index is 12.2. The van der Waals surface area contributed by atoms with Crippen LogP contribution >= 0.6 is 11.6 Å². The third-order valence-corrected chi connectivity index (χ3v) is 4.63. The lowest BCUT2D eigenvalue weighted by molar-refractivity contribution is -0.121. The third kappa shape index (κ3) is 6.37. The van der Waals surface area contributed by atoms with Gasteiger partial charge in [-0.3, -0.25) is 9.10 Å². The minimum Gasteiger partial charge on any atom is -0.382 e. The van der Waals surface area contributed by atoms with Gasteiger partial charge in [0.15, 0.2) is 0 Å². The molecule has 1 N–H and O–H groups in total. The van der Waals surface area contributed by atoms with Crippen molar-refractivity contribution < 1.29 is 17.9 Å². The highest BCUT2D eigenvalue weighted by Crippen LogP contribution is 2.22. The van der Waals surface area contributed by atoms with E-state index in [2.05, 4.69) is 5.32 Å². The third-order valence-electron chi connectivity index (χ3n) is 3.14. The van der Waals surface area contributed by atoms with Crippen LogP contribution in [0, 0.1) is 0 Å². The van der Waals surface area contributed by atoms with Gasteiger partial charge in [0.1, 0.15) is 6.04 Å². The summed E-state index contributed by atoms with van der Waals surface area (Å²) in [4.78, 5) is 12.2. The zero-order valence-electron chi connectivity index (χ0n) is 13.6. The maximum Gasteiger partial charge on any atom is 0.243 e. The van der Waals surface area contributed by atoms with E-state index in [4.69, 9.17) is 16.3 Å². The van der Waals surface area contributed by atoms with E-state index in [1.165, 1.54) is 0 Å². The van der Waals surface area contributed by atoms with Crippen molar-refractivity contribution in [2.45, 2.75) is 26.3 Å². The summed E-state index contributed by atoms with van der Waals surface area (Å²) < 4.78 is 30.4. The fourth-order valence-corrected chi connectivity index (χ4v) is 3.38. The standard InChI is InChI=1S/C15H23ClN2O4S/c1-4-22-11-5-10-17-15(19)12(2)18(23(3,20)21)14-8-6-13(16)7-9-14/h6-9,12H,4-5,10-11H2,1-3H3,(H,17,19)/t12-/m0/s1. The molecule has 8 heteroatoms. The van der Waals surface area contributed by atoms with Gasteiger partial charge in [-0.1, -0.05) is 11.6 Å².